The van der Waals surface area contributed by atoms with Crippen molar-refractivity contribution in [3.05, 3.63) is 36.4 Å². The summed E-state index contributed by atoms with van der Waals surface area (Å²) in [6.07, 6.45) is 0. The van der Waals surface area contributed by atoms with Crippen molar-refractivity contribution in [3.8, 4) is 5.75 Å². The average Bonchev–Trinajstić information content (AvgIpc) is 2.17. The van der Waals surface area contributed by atoms with Gasteiger partial charge in [-0.2, -0.15) is 8.42 Å². The van der Waals surface area contributed by atoms with Crippen molar-refractivity contribution in [2.24, 2.45) is 0 Å². The van der Waals surface area contributed by atoms with Crippen LogP contribution in [0.3, 0.4) is 0 Å². The topological polar surface area (TPSA) is 74.6 Å². The molecule has 0 aliphatic carbocycles. The van der Waals surface area contributed by atoms with Gasteiger partial charge in [-0.15, -0.1) is 0 Å². The molecule has 0 atom stereocenters. The third-order valence-electron chi connectivity index (χ3n) is 2.14. The Hall–Kier alpha value is -0.590. The number of phenolic OH excluding ortho intramolecular Hbond substituents is 1. The van der Waals surface area contributed by atoms with Gasteiger partial charge in [0.05, 0.1) is 0 Å². The van der Waals surface area contributed by atoms with E-state index < -0.39 is 10.1 Å². The van der Waals surface area contributed by atoms with Gasteiger partial charge in [-0.3, -0.25) is 4.55 Å². The Balaban J connectivity index is 0.00000128. The molecule has 2 aromatic rings. The number of phenols is 1. The minimum Gasteiger partial charge on any atom is -0.507 e. The number of benzene rings is 2. The van der Waals surface area contributed by atoms with Crippen LogP contribution in [0.4, 0.5) is 0 Å². The molecule has 6 heteroatoms. The first-order valence-electron chi connectivity index (χ1n) is 4.18. The molecule has 16 heavy (non-hydrogen) atoms. The molecule has 4 nitrogen and oxygen atoms in total. The van der Waals surface area contributed by atoms with Gasteiger partial charge in [0, 0.05) is 10.8 Å². The van der Waals surface area contributed by atoms with Crippen molar-refractivity contribution in [2.75, 3.05) is 0 Å². The fourth-order valence-corrected chi connectivity index (χ4v) is 2.18. The molecule has 0 unspecified atom stereocenters. The molecular weight excluding hydrogens is 239 g/mol. The predicted molar refractivity (Wildman–Crippen MR) is 55.4 cm³/mol. The molecule has 0 saturated heterocycles. The molecule has 0 spiro atoms. The molecular formula is C10H8NaO4S+. The van der Waals surface area contributed by atoms with E-state index in [1.54, 1.807) is 18.2 Å². The normalized spacial score (nSPS) is 11.1. The molecule has 2 aromatic carbocycles. The molecule has 0 heterocycles. The minimum atomic E-state index is -4.26. The predicted octanol–water partition coefficient (Wildman–Crippen LogP) is -1.20. The smallest absolute Gasteiger partial charge is 0.507 e. The standard InChI is InChI=1S/C10H8O4S.Na/c11-9-5-6-10(15(12,13)14)8-4-2-1-3-7(8)9;/h1-6,11H,(H,12,13,14);/q;+1. The van der Waals surface area contributed by atoms with Crippen LogP contribution in [0.5, 0.6) is 5.75 Å². The summed E-state index contributed by atoms with van der Waals surface area (Å²) in [5.74, 6) is -0.0157. The Labute approximate surface area is 115 Å². The van der Waals surface area contributed by atoms with Gasteiger partial charge < -0.3 is 5.11 Å². The van der Waals surface area contributed by atoms with E-state index in [4.69, 9.17) is 4.55 Å². The Morgan fingerprint density at radius 2 is 1.50 bits per heavy atom. The third kappa shape index (κ3) is 2.39. The van der Waals surface area contributed by atoms with Gasteiger partial charge in [-0.1, -0.05) is 24.3 Å². The van der Waals surface area contributed by atoms with Gasteiger partial charge in [0.25, 0.3) is 10.1 Å². The number of rotatable bonds is 1. The monoisotopic (exact) mass is 247 g/mol. The summed E-state index contributed by atoms with van der Waals surface area (Å²) in [6, 6.07) is 8.84. The van der Waals surface area contributed by atoms with E-state index in [0.29, 0.717) is 10.8 Å². The summed E-state index contributed by atoms with van der Waals surface area (Å²) in [5.41, 5.74) is 0. The third-order valence-corrected chi connectivity index (χ3v) is 3.05. The van der Waals surface area contributed by atoms with Crippen LogP contribution >= 0.6 is 0 Å². The van der Waals surface area contributed by atoms with Crippen molar-refractivity contribution < 1.29 is 47.6 Å². The fourth-order valence-electron chi connectivity index (χ4n) is 1.48. The maximum absolute atomic E-state index is 11.0. The van der Waals surface area contributed by atoms with E-state index >= 15 is 0 Å². The van der Waals surface area contributed by atoms with Gasteiger partial charge >= 0.3 is 29.6 Å². The van der Waals surface area contributed by atoms with Crippen LogP contribution in [-0.4, -0.2) is 18.1 Å². The van der Waals surface area contributed by atoms with E-state index in [1.165, 1.54) is 18.2 Å². The number of hydrogen-bond acceptors (Lipinski definition) is 3. The maximum Gasteiger partial charge on any atom is 1.00 e. The Bertz CT molecular complexity index is 622. The molecule has 0 aliphatic rings. The van der Waals surface area contributed by atoms with E-state index in [2.05, 4.69) is 0 Å². The quantitative estimate of drug-likeness (QED) is 0.490. The Kier molecular flexibility index (Phi) is 3.98. The summed E-state index contributed by atoms with van der Waals surface area (Å²) >= 11 is 0. The Morgan fingerprint density at radius 3 is 2.06 bits per heavy atom. The summed E-state index contributed by atoms with van der Waals surface area (Å²) in [5, 5.41) is 10.2. The van der Waals surface area contributed by atoms with E-state index in [0.717, 1.165) is 0 Å². The fraction of sp³-hybridized carbons (Fsp3) is 0. The zero-order valence-electron chi connectivity index (χ0n) is 8.58. The van der Waals surface area contributed by atoms with Crippen molar-refractivity contribution in [1.29, 1.82) is 0 Å². The molecule has 2 N–H and O–H groups in total. The van der Waals surface area contributed by atoms with Gasteiger partial charge in [-0.25, -0.2) is 0 Å². The van der Waals surface area contributed by atoms with E-state index in [9.17, 15) is 13.5 Å². The van der Waals surface area contributed by atoms with Crippen LogP contribution in [0.2, 0.25) is 0 Å². The molecule has 0 bridgehead atoms. The van der Waals surface area contributed by atoms with Crippen LogP contribution in [0.1, 0.15) is 0 Å². The average molecular weight is 247 g/mol. The van der Waals surface area contributed by atoms with Gasteiger partial charge in [0.15, 0.2) is 0 Å². The summed E-state index contributed by atoms with van der Waals surface area (Å²) in [4.78, 5) is -0.198. The second-order valence-corrected chi connectivity index (χ2v) is 4.49. The Morgan fingerprint density at radius 1 is 0.938 bits per heavy atom. The van der Waals surface area contributed by atoms with Crippen molar-refractivity contribution in [3.63, 3.8) is 0 Å². The van der Waals surface area contributed by atoms with Crippen LogP contribution in [0.25, 0.3) is 10.8 Å². The van der Waals surface area contributed by atoms with E-state index in [1.807, 2.05) is 0 Å². The molecule has 0 amide bonds. The molecule has 78 valence electrons. The number of hydrogen-bond donors (Lipinski definition) is 2. The molecule has 0 radical (unpaired) electrons. The van der Waals surface area contributed by atoms with Crippen LogP contribution < -0.4 is 29.6 Å². The van der Waals surface area contributed by atoms with Gasteiger partial charge in [0.2, 0.25) is 0 Å². The SMILES string of the molecule is O=S(=O)(O)c1ccc(O)c2ccccc12.[Na+]. The molecule has 0 fully saturated rings. The largest absolute Gasteiger partial charge is 1.00 e. The van der Waals surface area contributed by atoms with Crippen molar-refractivity contribution in [1.82, 2.24) is 0 Å². The molecule has 2 rings (SSSR count). The summed E-state index contributed by atoms with van der Waals surface area (Å²) in [6.45, 7) is 0. The zero-order chi connectivity index (χ0) is 11.1. The second-order valence-electron chi connectivity index (χ2n) is 3.10. The van der Waals surface area contributed by atoms with Crippen LogP contribution in [-0.2, 0) is 10.1 Å². The number of fused-ring (bicyclic) bond motifs is 1. The first-order chi connectivity index (χ1) is 7.00. The number of aromatic hydroxyl groups is 1. The zero-order valence-corrected chi connectivity index (χ0v) is 11.4. The van der Waals surface area contributed by atoms with E-state index in [-0.39, 0.29) is 40.2 Å². The molecule has 0 aromatic heterocycles. The van der Waals surface area contributed by atoms with Crippen LogP contribution in [0, 0.1) is 0 Å². The minimum absolute atomic E-state index is 0. The molecule has 0 saturated carbocycles. The van der Waals surface area contributed by atoms with Gasteiger partial charge in [-0.05, 0) is 12.1 Å². The summed E-state index contributed by atoms with van der Waals surface area (Å²) in [7, 11) is -4.26. The maximum atomic E-state index is 11.0. The summed E-state index contributed by atoms with van der Waals surface area (Å²) < 4.78 is 31.0. The molecule has 0 aliphatic heterocycles. The van der Waals surface area contributed by atoms with Crippen molar-refractivity contribution >= 4 is 20.9 Å². The second kappa shape index (κ2) is 4.73. The first kappa shape index (κ1) is 13.5. The van der Waals surface area contributed by atoms with Crippen LogP contribution in [0.15, 0.2) is 41.3 Å². The first-order valence-corrected chi connectivity index (χ1v) is 5.62. The van der Waals surface area contributed by atoms with Gasteiger partial charge in [0.1, 0.15) is 10.6 Å². The van der Waals surface area contributed by atoms with Crippen molar-refractivity contribution in [2.45, 2.75) is 4.90 Å².